The zero-order valence-electron chi connectivity index (χ0n) is 9.37. The summed E-state index contributed by atoms with van der Waals surface area (Å²) in [6.45, 7) is 4.35. The number of hydrogen-bond donors (Lipinski definition) is 2. The zero-order chi connectivity index (χ0) is 12.1. The van der Waals surface area contributed by atoms with Gasteiger partial charge in [-0.1, -0.05) is 25.4 Å². The van der Waals surface area contributed by atoms with E-state index in [-0.39, 0.29) is 12.5 Å². The van der Waals surface area contributed by atoms with Gasteiger partial charge in [0.1, 0.15) is 0 Å². The van der Waals surface area contributed by atoms with Gasteiger partial charge in [0, 0.05) is 6.54 Å². The standard InChI is InChI=1S/C11H16ClNO2S/c1-7(2)5-8(14)6-13-11(15)9-3-4-10(12)16-9/h3-4,7-8,14H,5-6H2,1-2H3,(H,13,15). The topological polar surface area (TPSA) is 49.3 Å². The van der Waals surface area contributed by atoms with Crippen molar-refractivity contribution in [1.29, 1.82) is 0 Å². The van der Waals surface area contributed by atoms with Crippen LogP contribution in [0.15, 0.2) is 12.1 Å². The second-order valence-corrected chi connectivity index (χ2v) is 5.81. The molecule has 1 unspecified atom stereocenters. The van der Waals surface area contributed by atoms with Crippen LogP contribution < -0.4 is 5.32 Å². The second kappa shape index (κ2) is 6.23. The number of halogens is 1. The van der Waals surface area contributed by atoms with Crippen LogP contribution in [0, 0.1) is 5.92 Å². The van der Waals surface area contributed by atoms with Gasteiger partial charge in [-0.05, 0) is 24.5 Å². The Morgan fingerprint density at radius 1 is 1.56 bits per heavy atom. The van der Waals surface area contributed by atoms with Crippen molar-refractivity contribution in [2.45, 2.75) is 26.4 Å². The maximum Gasteiger partial charge on any atom is 0.261 e. The normalized spacial score (nSPS) is 12.8. The Bertz CT molecular complexity index is 352. The van der Waals surface area contributed by atoms with Gasteiger partial charge in [-0.2, -0.15) is 0 Å². The smallest absolute Gasteiger partial charge is 0.261 e. The van der Waals surface area contributed by atoms with Crippen LogP contribution in [0.25, 0.3) is 0 Å². The summed E-state index contributed by atoms with van der Waals surface area (Å²) in [5.74, 6) is 0.239. The molecule has 0 aliphatic carbocycles. The van der Waals surface area contributed by atoms with Gasteiger partial charge < -0.3 is 10.4 Å². The molecule has 1 rings (SSSR count). The van der Waals surface area contributed by atoms with E-state index in [4.69, 9.17) is 11.6 Å². The van der Waals surface area contributed by atoms with Crippen molar-refractivity contribution < 1.29 is 9.90 Å². The third-order valence-electron chi connectivity index (χ3n) is 2.04. The van der Waals surface area contributed by atoms with Gasteiger partial charge in [0.2, 0.25) is 0 Å². The maximum atomic E-state index is 11.6. The fraction of sp³-hybridized carbons (Fsp3) is 0.545. The first kappa shape index (κ1) is 13.5. The van der Waals surface area contributed by atoms with Gasteiger partial charge in [-0.3, -0.25) is 4.79 Å². The number of carbonyl (C=O) groups is 1. The average Bonchev–Trinajstić information content (AvgIpc) is 2.60. The molecule has 1 amide bonds. The first-order chi connectivity index (χ1) is 7.49. The van der Waals surface area contributed by atoms with Crippen LogP contribution in [-0.4, -0.2) is 23.7 Å². The van der Waals surface area contributed by atoms with Crippen molar-refractivity contribution in [2.24, 2.45) is 5.92 Å². The minimum absolute atomic E-state index is 0.181. The fourth-order valence-corrected chi connectivity index (χ4v) is 2.32. The quantitative estimate of drug-likeness (QED) is 0.856. The summed E-state index contributed by atoms with van der Waals surface area (Å²) in [4.78, 5) is 12.1. The highest BCUT2D eigenvalue weighted by molar-refractivity contribution is 7.17. The molecule has 1 aromatic heterocycles. The van der Waals surface area contributed by atoms with Crippen LogP contribution >= 0.6 is 22.9 Å². The molecule has 0 bridgehead atoms. The Balaban J connectivity index is 2.35. The number of amides is 1. The predicted octanol–water partition coefficient (Wildman–Crippen LogP) is 2.54. The Hall–Kier alpha value is -0.580. The van der Waals surface area contributed by atoms with Crippen molar-refractivity contribution in [2.75, 3.05) is 6.54 Å². The van der Waals surface area contributed by atoms with Gasteiger partial charge in [0.25, 0.3) is 5.91 Å². The van der Waals surface area contributed by atoms with Gasteiger partial charge in [0.05, 0.1) is 15.3 Å². The van der Waals surface area contributed by atoms with Crippen molar-refractivity contribution in [3.63, 3.8) is 0 Å². The molecule has 0 spiro atoms. The molecule has 16 heavy (non-hydrogen) atoms. The summed E-state index contributed by atoms with van der Waals surface area (Å²) in [5, 5.41) is 12.3. The molecule has 0 aliphatic heterocycles. The zero-order valence-corrected chi connectivity index (χ0v) is 10.9. The van der Waals surface area contributed by atoms with Gasteiger partial charge >= 0.3 is 0 Å². The number of hydrogen-bond acceptors (Lipinski definition) is 3. The van der Waals surface area contributed by atoms with Crippen molar-refractivity contribution in [1.82, 2.24) is 5.32 Å². The first-order valence-corrected chi connectivity index (χ1v) is 6.40. The molecule has 2 N–H and O–H groups in total. The average molecular weight is 262 g/mol. The summed E-state index contributed by atoms with van der Waals surface area (Å²) < 4.78 is 0.591. The molecule has 1 atom stereocenters. The Labute approximate surface area is 104 Å². The van der Waals surface area contributed by atoms with E-state index in [1.165, 1.54) is 11.3 Å². The van der Waals surface area contributed by atoms with Crippen LogP contribution in [-0.2, 0) is 0 Å². The van der Waals surface area contributed by atoms with Crippen LogP contribution in [0.1, 0.15) is 29.9 Å². The first-order valence-electron chi connectivity index (χ1n) is 5.20. The maximum absolute atomic E-state index is 11.6. The highest BCUT2D eigenvalue weighted by atomic mass is 35.5. The van der Waals surface area contributed by atoms with Gasteiger partial charge in [0.15, 0.2) is 0 Å². The minimum atomic E-state index is -0.487. The van der Waals surface area contributed by atoms with Crippen LogP contribution in [0.2, 0.25) is 4.34 Å². The highest BCUT2D eigenvalue weighted by Crippen LogP contribution is 2.21. The lowest BCUT2D eigenvalue weighted by Crippen LogP contribution is -2.32. The van der Waals surface area contributed by atoms with Crippen molar-refractivity contribution >= 4 is 28.8 Å². The number of nitrogens with one attached hydrogen (secondary N) is 1. The van der Waals surface area contributed by atoms with Crippen LogP contribution in [0.3, 0.4) is 0 Å². The molecule has 3 nitrogen and oxygen atoms in total. The Kier molecular flexibility index (Phi) is 5.25. The molecular weight excluding hydrogens is 246 g/mol. The molecule has 90 valence electrons. The second-order valence-electron chi connectivity index (χ2n) is 4.10. The highest BCUT2D eigenvalue weighted by Gasteiger charge is 2.11. The third kappa shape index (κ3) is 4.51. The molecule has 0 aromatic carbocycles. The number of carbonyl (C=O) groups excluding carboxylic acids is 1. The fourth-order valence-electron chi connectivity index (χ4n) is 1.36. The molecule has 0 fully saturated rings. The van der Waals surface area contributed by atoms with E-state index < -0.39 is 6.10 Å². The third-order valence-corrected chi connectivity index (χ3v) is 3.27. The summed E-state index contributed by atoms with van der Waals surface area (Å²) in [7, 11) is 0. The SMILES string of the molecule is CC(C)CC(O)CNC(=O)c1ccc(Cl)s1. The van der Waals surface area contributed by atoms with Crippen LogP contribution in [0.5, 0.6) is 0 Å². The molecule has 1 heterocycles. The monoisotopic (exact) mass is 261 g/mol. The van der Waals surface area contributed by atoms with Crippen LogP contribution in [0.4, 0.5) is 0 Å². The van der Waals surface area contributed by atoms with Crippen molar-refractivity contribution in [3.05, 3.63) is 21.3 Å². The molecule has 0 saturated carbocycles. The summed E-state index contributed by atoms with van der Waals surface area (Å²) in [5.41, 5.74) is 0. The number of aliphatic hydroxyl groups excluding tert-OH is 1. The van der Waals surface area contributed by atoms with Crippen molar-refractivity contribution in [3.8, 4) is 0 Å². The summed E-state index contributed by atoms with van der Waals surface area (Å²) in [6, 6.07) is 3.36. The largest absolute Gasteiger partial charge is 0.391 e. The molecule has 0 saturated heterocycles. The van der Waals surface area contributed by atoms with E-state index in [9.17, 15) is 9.90 Å². The van der Waals surface area contributed by atoms with E-state index >= 15 is 0 Å². The summed E-state index contributed by atoms with van der Waals surface area (Å²) >= 11 is 6.96. The Morgan fingerprint density at radius 3 is 2.75 bits per heavy atom. The summed E-state index contributed by atoms with van der Waals surface area (Å²) in [6.07, 6.45) is 0.199. The lowest BCUT2D eigenvalue weighted by atomic mass is 10.1. The lowest BCUT2D eigenvalue weighted by molar-refractivity contribution is 0.0904. The molecule has 1 aromatic rings. The molecular formula is C11H16ClNO2S. The Morgan fingerprint density at radius 2 is 2.25 bits per heavy atom. The van der Waals surface area contributed by atoms with Gasteiger partial charge in [-0.25, -0.2) is 0 Å². The number of rotatable bonds is 5. The molecule has 5 heteroatoms. The minimum Gasteiger partial charge on any atom is -0.391 e. The number of thiophene rings is 1. The predicted molar refractivity (Wildman–Crippen MR) is 67.1 cm³/mol. The van der Waals surface area contributed by atoms with E-state index in [1.54, 1.807) is 12.1 Å². The number of aliphatic hydroxyl groups is 1. The molecule has 0 radical (unpaired) electrons. The van der Waals surface area contributed by atoms with E-state index in [1.807, 2.05) is 13.8 Å². The lowest BCUT2D eigenvalue weighted by Gasteiger charge is -2.13. The van der Waals surface area contributed by atoms with E-state index in [2.05, 4.69) is 5.32 Å². The molecule has 0 aliphatic rings. The van der Waals surface area contributed by atoms with E-state index in [0.29, 0.717) is 21.6 Å². The van der Waals surface area contributed by atoms with Gasteiger partial charge in [-0.15, -0.1) is 11.3 Å². The van der Waals surface area contributed by atoms with E-state index in [0.717, 1.165) is 0 Å².